The lowest BCUT2D eigenvalue weighted by molar-refractivity contribution is -0.143. The summed E-state index contributed by atoms with van der Waals surface area (Å²) in [6.07, 6.45) is 5.79. The summed E-state index contributed by atoms with van der Waals surface area (Å²) in [6, 6.07) is 9.09. The number of imide groups is 1. The molecule has 0 unspecified atom stereocenters. The molecule has 0 saturated carbocycles. The van der Waals surface area contributed by atoms with Gasteiger partial charge in [-0.2, -0.15) is 5.26 Å². The fraction of sp³-hybridized carbons (Fsp3) is 0.333. The maximum Gasteiger partial charge on any atom is 0.331 e. The molecule has 0 spiro atoms. The summed E-state index contributed by atoms with van der Waals surface area (Å²) in [6.45, 7) is 3.71. The molecule has 0 fully saturated rings. The van der Waals surface area contributed by atoms with E-state index in [9.17, 15) is 14.4 Å². The van der Waals surface area contributed by atoms with Crippen molar-refractivity contribution in [3.05, 3.63) is 42.1 Å². The largest absolute Gasteiger partial charge is 0.452 e. The zero-order valence-electron chi connectivity index (χ0n) is 16.5. The molecule has 2 aromatic rings. The van der Waals surface area contributed by atoms with Crippen molar-refractivity contribution in [2.75, 3.05) is 6.61 Å². The number of para-hydroxylation sites is 1. The van der Waals surface area contributed by atoms with Gasteiger partial charge in [0, 0.05) is 41.3 Å². The van der Waals surface area contributed by atoms with Crippen LogP contribution in [0.4, 0.5) is 4.79 Å². The lowest BCUT2D eigenvalue weighted by atomic mass is 10.1. The van der Waals surface area contributed by atoms with E-state index >= 15 is 0 Å². The minimum absolute atomic E-state index is 0.0661. The van der Waals surface area contributed by atoms with Crippen molar-refractivity contribution in [2.45, 2.75) is 39.3 Å². The van der Waals surface area contributed by atoms with Gasteiger partial charge in [0.2, 0.25) is 0 Å². The molecule has 1 heterocycles. The van der Waals surface area contributed by atoms with Gasteiger partial charge >= 0.3 is 12.0 Å². The summed E-state index contributed by atoms with van der Waals surface area (Å²) < 4.78 is 6.83. The summed E-state index contributed by atoms with van der Waals surface area (Å²) in [4.78, 5) is 35.1. The van der Waals surface area contributed by atoms with Crippen LogP contribution in [0.25, 0.3) is 17.0 Å². The van der Waals surface area contributed by atoms with Crippen molar-refractivity contribution >= 4 is 34.9 Å². The number of aryl methyl sites for hydroxylation is 1. The number of rotatable bonds is 8. The Balaban J connectivity index is 1.93. The number of carbonyl (C=O) groups is 3. The summed E-state index contributed by atoms with van der Waals surface area (Å²) in [5.41, 5.74) is 1.76. The Morgan fingerprint density at radius 3 is 2.79 bits per heavy atom. The molecule has 1 atom stereocenters. The number of nitrogens with zero attached hydrogens (tertiary/aromatic N) is 2. The zero-order chi connectivity index (χ0) is 21.2. The molecule has 8 heteroatoms. The van der Waals surface area contributed by atoms with Crippen LogP contribution in [0, 0.1) is 11.3 Å². The molecule has 0 aliphatic rings. The molecule has 0 radical (unpaired) electrons. The smallest absolute Gasteiger partial charge is 0.331 e. The number of hydrogen-bond donors (Lipinski definition) is 2. The van der Waals surface area contributed by atoms with Crippen LogP contribution < -0.4 is 10.6 Å². The van der Waals surface area contributed by atoms with Gasteiger partial charge in [0.25, 0.3) is 5.91 Å². The second-order valence-electron chi connectivity index (χ2n) is 6.48. The SMILES string of the molecule is CC[C@H](C)NC(=O)NC(=O)COC(=O)/C=C/c1cn(CCC#N)c2ccccc12. The minimum atomic E-state index is -0.708. The van der Waals surface area contributed by atoms with E-state index in [4.69, 9.17) is 10.00 Å². The Kier molecular flexibility index (Phi) is 7.98. The fourth-order valence-electron chi connectivity index (χ4n) is 2.63. The Morgan fingerprint density at radius 2 is 2.07 bits per heavy atom. The number of esters is 1. The van der Waals surface area contributed by atoms with E-state index in [1.165, 1.54) is 6.08 Å². The quantitative estimate of drug-likeness (QED) is 0.526. The van der Waals surface area contributed by atoms with Crippen molar-refractivity contribution in [3.63, 3.8) is 0 Å². The molecular weight excluding hydrogens is 372 g/mol. The number of urea groups is 1. The number of aromatic nitrogens is 1. The zero-order valence-corrected chi connectivity index (χ0v) is 16.5. The second-order valence-corrected chi connectivity index (χ2v) is 6.48. The Morgan fingerprint density at radius 1 is 1.31 bits per heavy atom. The maximum atomic E-state index is 11.9. The summed E-state index contributed by atoms with van der Waals surface area (Å²) >= 11 is 0. The molecule has 29 heavy (non-hydrogen) atoms. The third-order valence-corrected chi connectivity index (χ3v) is 4.27. The summed E-state index contributed by atoms with van der Waals surface area (Å²) in [5.74, 6) is -1.41. The average Bonchev–Trinajstić information content (AvgIpc) is 3.06. The number of fused-ring (bicyclic) bond motifs is 1. The van der Waals surface area contributed by atoms with Crippen molar-refractivity contribution in [1.82, 2.24) is 15.2 Å². The molecule has 8 nitrogen and oxygen atoms in total. The fourth-order valence-corrected chi connectivity index (χ4v) is 2.63. The first-order valence-corrected chi connectivity index (χ1v) is 9.34. The first kappa shape index (κ1) is 21.7. The van der Waals surface area contributed by atoms with E-state index < -0.39 is 24.5 Å². The van der Waals surface area contributed by atoms with Gasteiger partial charge in [-0.25, -0.2) is 9.59 Å². The van der Waals surface area contributed by atoms with Crippen LogP contribution in [-0.2, 0) is 20.9 Å². The number of amides is 3. The van der Waals surface area contributed by atoms with Gasteiger partial charge in [0.1, 0.15) is 0 Å². The third kappa shape index (κ3) is 6.50. The lowest BCUT2D eigenvalue weighted by Crippen LogP contribution is -2.44. The number of nitrogens with one attached hydrogen (secondary N) is 2. The number of carbonyl (C=O) groups excluding carboxylic acids is 3. The van der Waals surface area contributed by atoms with Crippen LogP contribution in [0.5, 0.6) is 0 Å². The van der Waals surface area contributed by atoms with Crippen LogP contribution in [0.1, 0.15) is 32.3 Å². The van der Waals surface area contributed by atoms with Gasteiger partial charge in [0.05, 0.1) is 12.5 Å². The molecule has 0 aliphatic carbocycles. The van der Waals surface area contributed by atoms with E-state index in [0.717, 1.165) is 22.9 Å². The van der Waals surface area contributed by atoms with Crippen molar-refractivity contribution in [2.24, 2.45) is 0 Å². The molecular formula is C21H24N4O4. The monoisotopic (exact) mass is 396 g/mol. The second kappa shape index (κ2) is 10.7. The predicted octanol–water partition coefficient (Wildman–Crippen LogP) is 2.74. The minimum Gasteiger partial charge on any atom is -0.452 e. The highest BCUT2D eigenvalue weighted by Crippen LogP contribution is 2.22. The van der Waals surface area contributed by atoms with Crippen molar-refractivity contribution in [1.29, 1.82) is 5.26 Å². The van der Waals surface area contributed by atoms with E-state index in [1.54, 1.807) is 6.08 Å². The van der Waals surface area contributed by atoms with E-state index in [1.807, 2.05) is 48.9 Å². The van der Waals surface area contributed by atoms with E-state index in [0.29, 0.717) is 13.0 Å². The van der Waals surface area contributed by atoms with Crippen LogP contribution in [0.2, 0.25) is 0 Å². The molecule has 152 valence electrons. The third-order valence-electron chi connectivity index (χ3n) is 4.27. The molecule has 0 saturated heterocycles. The van der Waals surface area contributed by atoms with Crippen LogP contribution in [0.15, 0.2) is 36.5 Å². The topological polar surface area (TPSA) is 113 Å². The molecule has 2 rings (SSSR count). The molecule has 3 amide bonds. The van der Waals surface area contributed by atoms with Gasteiger partial charge in [-0.1, -0.05) is 25.1 Å². The highest BCUT2D eigenvalue weighted by atomic mass is 16.5. The van der Waals surface area contributed by atoms with Crippen LogP contribution >= 0.6 is 0 Å². The molecule has 1 aromatic carbocycles. The normalized spacial score (nSPS) is 11.8. The molecule has 1 aromatic heterocycles. The highest BCUT2D eigenvalue weighted by Gasteiger charge is 2.11. The van der Waals surface area contributed by atoms with E-state index in [-0.39, 0.29) is 6.04 Å². The first-order valence-electron chi connectivity index (χ1n) is 9.34. The van der Waals surface area contributed by atoms with Crippen molar-refractivity contribution < 1.29 is 19.1 Å². The lowest BCUT2D eigenvalue weighted by Gasteiger charge is -2.11. The van der Waals surface area contributed by atoms with Crippen molar-refractivity contribution in [3.8, 4) is 6.07 Å². The maximum absolute atomic E-state index is 11.9. The van der Waals surface area contributed by atoms with Crippen LogP contribution in [0.3, 0.4) is 0 Å². The van der Waals surface area contributed by atoms with Gasteiger partial charge in [-0.05, 0) is 25.5 Å². The molecule has 2 N–H and O–H groups in total. The van der Waals surface area contributed by atoms with E-state index in [2.05, 4.69) is 16.7 Å². The first-order chi connectivity index (χ1) is 13.9. The van der Waals surface area contributed by atoms with Gasteiger partial charge in [0.15, 0.2) is 6.61 Å². The Labute approximate surface area is 169 Å². The summed E-state index contributed by atoms with van der Waals surface area (Å²) in [7, 11) is 0. The van der Waals surface area contributed by atoms with Crippen LogP contribution in [-0.4, -0.2) is 35.1 Å². The number of nitriles is 1. The number of benzene rings is 1. The number of hydrogen-bond acceptors (Lipinski definition) is 5. The standard InChI is InChI=1S/C21H24N4O4/c1-3-15(2)23-21(28)24-19(26)14-29-20(27)10-9-16-13-25(12-6-11-22)18-8-5-4-7-17(16)18/h4-5,7-10,13,15H,3,6,12,14H2,1-2H3,(H2,23,24,26,28)/b10-9+/t15-/m0/s1. The predicted molar refractivity (Wildman–Crippen MR) is 109 cm³/mol. The molecule has 0 aliphatic heterocycles. The average molecular weight is 396 g/mol. The summed E-state index contributed by atoms with van der Waals surface area (Å²) in [5, 5.41) is 14.4. The highest BCUT2D eigenvalue weighted by molar-refractivity contribution is 5.97. The Bertz CT molecular complexity index is 955. The number of ether oxygens (including phenoxy) is 1. The van der Waals surface area contributed by atoms with Gasteiger partial charge in [-0.3, -0.25) is 10.1 Å². The molecule has 0 bridgehead atoms. The van der Waals surface area contributed by atoms with Gasteiger partial charge in [-0.15, -0.1) is 0 Å². The van der Waals surface area contributed by atoms with Gasteiger partial charge < -0.3 is 14.6 Å². The Hall–Kier alpha value is -3.60.